The van der Waals surface area contributed by atoms with Crippen molar-refractivity contribution in [1.29, 1.82) is 0 Å². The fourth-order valence-corrected chi connectivity index (χ4v) is 2.63. The topological polar surface area (TPSA) is 47.0 Å². The average Bonchev–Trinajstić information content (AvgIpc) is 2.88. The third-order valence-electron chi connectivity index (χ3n) is 2.79. The van der Waals surface area contributed by atoms with Crippen LogP contribution in [0.2, 0.25) is 0 Å². The molecule has 0 amide bonds. The van der Waals surface area contributed by atoms with Gasteiger partial charge < -0.3 is 10.1 Å². The van der Waals surface area contributed by atoms with Crippen LogP contribution in [0.5, 0.6) is 5.75 Å². The van der Waals surface area contributed by atoms with E-state index in [1.807, 2.05) is 30.3 Å². The van der Waals surface area contributed by atoms with Crippen molar-refractivity contribution in [3.63, 3.8) is 0 Å². The predicted molar refractivity (Wildman–Crippen MR) is 77.7 cm³/mol. The molecular weight excluding hydrogens is 258 g/mol. The molecule has 0 saturated heterocycles. The van der Waals surface area contributed by atoms with E-state index in [9.17, 15) is 0 Å². The quantitative estimate of drug-likeness (QED) is 0.790. The summed E-state index contributed by atoms with van der Waals surface area (Å²) < 4.78 is 6.35. The maximum atomic E-state index is 5.20. The normalized spacial score (nSPS) is 10.6. The Balaban J connectivity index is 1.78. The van der Waals surface area contributed by atoms with Crippen molar-refractivity contribution in [2.24, 2.45) is 0 Å². The average molecular weight is 271 g/mol. The number of fused-ring (bicyclic) bond motifs is 1. The Morgan fingerprint density at radius 2 is 2.05 bits per heavy atom. The molecule has 0 aliphatic carbocycles. The molecule has 0 saturated carbocycles. The molecule has 3 aromatic rings. The van der Waals surface area contributed by atoms with Crippen LogP contribution in [0.3, 0.4) is 0 Å². The monoisotopic (exact) mass is 271 g/mol. The first-order valence-electron chi connectivity index (χ1n) is 5.92. The molecule has 5 heteroatoms. The zero-order chi connectivity index (χ0) is 13.1. The number of nitrogens with one attached hydrogen (secondary N) is 1. The largest absolute Gasteiger partial charge is 0.497 e. The molecule has 1 N–H and O–H groups in total. The molecule has 0 unspecified atom stereocenters. The van der Waals surface area contributed by atoms with Crippen molar-refractivity contribution in [3.05, 3.63) is 48.3 Å². The van der Waals surface area contributed by atoms with Gasteiger partial charge in [0.1, 0.15) is 5.75 Å². The highest BCUT2D eigenvalue weighted by Crippen LogP contribution is 2.28. The van der Waals surface area contributed by atoms with Crippen LogP contribution < -0.4 is 10.1 Å². The van der Waals surface area contributed by atoms with Gasteiger partial charge in [0.15, 0.2) is 5.13 Å². The van der Waals surface area contributed by atoms with Crippen LogP contribution in [0.25, 0.3) is 10.2 Å². The molecule has 0 fully saturated rings. The van der Waals surface area contributed by atoms with Gasteiger partial charge >= 0.3 is 0 Å². The van der Waals surface area contributed by atoms with Gasteiger partial charge in [-0.25, -0.2) is 4.98 Å². The highest BCUT2D eigenvalue weighted by molar-refractivity contribution is 7.22. The molecule has 0 aliphatic heterocycles. The maximum Gasteiger partial charge on any atom is 0.184 e. The summed E-state index contributed by atoms with van der Waals surface area (Å²) in [6.45, 7) is 0.749. The number of anilines is 1. The lowest BCUT2D eigenvalue weighted by Crippen LogP contribution is -1.98. The minimum absolute atomic E-state index is 0.749. The predicted octanol–water partition coefficient (Wildman–Crippen LogP) is 3.31. The number of thiazole rings is 1. The van der Waals surface area contributed by atoms with Gasteiger partial charge in [0.05, 0.1) is 17.3 Å². The smallest absolute Gasteiger partial charge is 0.184 e. The van der Waals surface area contributed by atoms with E-state index in [-0.39, 0.29) is 0 Å². The fourth-order valence-electron chi connectivity index (χ4n) is 1.79. The second kappa shape index (κ2) is 5.24. The van der Waals surface area contributed by atoms with Gasteiger partial charge in [0.2, 0.25) is 0 Å². The molecule has 2 heterocycles. The summed E-state index contributed by atoms with van der Waals surface area (Å²) in [4.78, 5) is 8.55. The zero-order valence-electron chi connectivity index (χ0n) is 10.5. The van der Waals surface area contributed by atoms with Gasteiger partial charge in [-0.3, -0.25) is 4.98 Å². The summed E-state index contributed by atoms with van der Waals surface area (Å²) in [6.07, 6.45) is 3.58. The van der Waals surface area contributed by atoms with Gasteiger partial charge in [0.25, 0.3) is 0 Å². The summed E-state index contributed by atoms with van der Waals surface area (Å²) in [6, 6.07) is 9.91. The molecule has 1 aromatic carbocycles. The van der Waals surface area contributed by atoms with Crippen LogP contribution in [-0.2, 0) is 6.54 Å². The van der Waals surface area contributed by atoms with Crippen molar-refractivity contribution in [2.45, 2.75) is 6.54 Å². The van der Waals surface area contributed by atoms with E-state index in [1.165, 1.54) is 5.56 Å². The lowest BCUT2D eigenvalue weighted by atomic mass is 10.3. The van der Waals surface area contributed by atoms with Crippen molar-refractivity contribution in [1.82, 2.24) is 9.97 Å². The Morgan fingerprint density at radius 3 is 2.84 bits per heavy atom. The van der Waals surface area contributed by atoms with E-state index >= 15 is 0 Å². The molecule has 0 bridgehead atoms. The highest BCUT2D eigenvalue weighted by atomic mass is 32.1. The number of aromatic nitrogens is 2. The van der Waals surface area contributed by atoms with E-state index in [0.29, 0.717) is 0 Å². The number of rotatable bonds is 4. The minimum Gasteiger partial charge on any atom is -0.497 e. The van der Waals surface area contributed by atoms with E-state index < -0.39 is 0 Å². The van der Waals surface area contributed by atoms with Crippen LogP contribution in [0.4, 0.5) is 5.13 Å². The van der Waals surface area contributed by atoms with Gasteiger partial charge in [-0.2, -0.15) is 0 Å². The Hall–Kier alpha value is -2.14. The molecule has 19 heavy (non-hydrogen) atoms. The van der Waals surface area contributed by atoms with E-state index in [4.69, 9.17) is 4.74 Å². The van der Waals surface area contributed by atoms with Gasteiger partial charge in [-0.1, -0.05) is 11.3 Å². The summed E-state index contributed by atoms with van der Waals surface area (Å²) in [5.41, 5.74) is 2.15. The second-order valence-corrected chi connectivity index (χ2v) is 5.09. The molecule has 96 valence electrons. The lowest BCUT2D eigenvalue weighted by Gasteiger charge is -2.01. The van der Waals surface area contributed by atoms with E-state index in [0.717, 1.165) is 27.6 Å². The number of hydrogen-bond acceptors (Lipinski definition) is 5. The molecule has 0 atom stereocenters. The Bertz CT molecular complexity index is 681. The molecule has 2 aromatic heterocycles. The van der Waals surface area contributed by atoms with Gasteiger partial charge in [-0.15, -0.1) is 0 Å². The van der Waals surface area contributed by atoms with Crippen molar-refractivity contribution in [2.75, 3.05) is 12.4 Å². The maximum absolute atomic E-state index is 5.20. The molecule has 0 radical (unpaired) electrons. The van der Waals surface area contributed by atoms with Crippen LogP contribution in [0, 0.1) is 0 Å². The minimum atomic E-state index is 0.749. The van der Waals surface area contributed by atoms with Crippen molar-refractivity contribution < 1.29 is 4.74 Å². The summed E-state index contributed by atoms with van der Waals surface area (Å²) in [7, 11) is 1.66. The number of pyridine rings is 1. The van der Waals surface area contributed by atoms with Crippen LogP contribution >= 0.6 is 11.3 Å². The van der Waals surface area contributed by atoms with Crippen LogP contribution in [0.1, 0.15) is 5.56 Å². The van der Waals surface area contributed by atoms with Gasteiger partial charge in [-0.05, 0) is 29.8 Å². The highest BCUT2D eigenvalue weighted by Gasteiger charge is 2.04. The second-order valence-electron chi connectivity index (χ2n) is 4.06. The zero-order valence-corrected chi connectivity index (χ0v) is 11.3. The number of methoxy groups -OCH3 is 1. The molecule has 0 aliphatic rings. The first-order chi connectivity index (χ1) is 9.35. The SMILES string of the molecule is COc1ccc2sc(NCc3ccncc3)nc2c1. The van der Waals surface area contributed by atoms with Gasteiger partial charge in [0, 0.05) is 25.0 Å². The molecular formula is C14H13N3OS. The summed E-state index contributed by atoms with van der Waals surface area (Å²) in [5, 5.41) is 4.24. The molecule has 4 nitrogen and oxygen atoms in total. The lowest BCUT2D eigenvalue weighted by molar-refractivity contribution is 0.415. The Labute approximate surface area is 115 Å². The Morgan fingerprint density at radius 1 is 1.21 bits per heavy atom. The summed E-state index contributed by atoms with van der Waals surface area (Å²) in [5.74, 6) is 0.832. The fraction of sp³-hybridized carbons (Fsp3) is 0.143. The van der Waals surface area contributed by atoms with Crippen LogP contribution in [0.15, 0.2) is 42.7 Å². The van der Waals surface area contributed by atoms with Crippen LogP contribution in [-0.4, -0.2) is 17.1 Å². The standard InChI is InChI=1S/C14H13N3OS/c1-18-11-2-3-13-12(8-11)17-14(19-13)16-9-10-4-6-15-7-5-10/h2-8H,9H2,1H3,(H,16,17). The summed E-state index contributed by atoms with van der Waals surface area (Å²) >= 11 is 1.64. The molecule has 0 spiro atoms. The third-order valence-corrected chi connectivity index (χ3v) is 3.78. The van der Waals surface area contributed by atoms with E-state index in [1.54, 1.807) is 30.8 Å². The first kappa shape index (κ1) is 11.9. The first-order valence-corrected chi connectivity index (χ1v) is 6.74. The third kappa shape index (κ3) is 2.66. The number of nitrogens with zero attached hydrogens (tertiary/aromatic N) is 2. The molecule has 3 rings (SSSR count). The van der Waals surface area contributed by atoms with Crippen molar-refractivity contribution in [3.8, 4) is 5.75 Å². The Kier molecular flexibility index (Phi) is 3.29. The van der Waals surface area contributed by atoms with Crippen molar-refractivity contribution >= 4 is 26.7 Å². The number of ether oxygens (including phenoxy) is 1. The number of benzene rings is 1. The van der Waals surface area contributed by atoms with E-state index in [2.05, 4.69) is 15.3 Å². The number of hydrogen-bond donors (Lipinski definition) is 1.